The molecule has 2 aromatic carbocycles. The van der Waals surface area contributed by atoms with Crippen LogP contribution in [0.4, 0.5) is 10.5 Å². The van der Waals surface area contributed by atoms with E-state index in [0.717, 1.165) is 12.1 Å². The smallest absolute Gasteiger partial charge is 0.314 e. The largest absolute Gasteiger partial charge is 0.338 e. The standard InChI is InChI=1S/C20H23N3O2/c24-19-13-17(15-23(19)18-9-5-2-6-10-18)14-22-20(25)21-12-11-16-7-3-1-4-8-16/h1-10,17H,11-15H2,(H2,21,22,25). The van der Waals surface area contributed by atoms with E-state index in [-0.39, 0.29) is 17.9 Å². The number of hydrogen-bond donors (Lipinski definition) is 2. The third kappa shape index (κ3) is 4.83. The van der Waals surface area contributed by atoms with Gasteiger partial charge in [0.05, 0.1) is 0 Å². The average molecular weight is 337 g/mol. The highest BCUT2D eigenvalue weighted by molar-refractivity contribution is 5.95. The SMILES string of the molecule is O=C(NCCc1ccccc1)NCC1CC(=O)N(c2ccccc2)C1. The number of hydrogen-bond acceptors (Lipinski definition) is 2. The van der Waals surface area contributed by atoms with Gasteiger partial charge in [-0.25, -0.2) is 4.79 Å². The molecule has 0 radical (unpaired) electrons. The molecule has 2 N–H and O–H groups in total. The van der Waals surface area contributed by atoms with Crippen LogP contribution in [0.15, 0.2) is 60.7 Å². The molecule has 1 unspecified atom stereocenters. The van der Waals surface area contributed by atoms with E-state index >= 15 is 0 Å². The van der Waals surface area contributed by atoms with Crippen molar-refractivity contribution in [1.82, 2.24) is 10.6 Å². The van der Waals surface area contributed by atoms with E-state index in [9.17, 15) is 9.59 Å². The Labute approximate surface area is 148 Å². The topological polar surface area (TPSA) is 61.4 Å². The molecule has 5 heteroatoms. The summed E-state index contributed by atoms with van der Waals surface area (Å²) in [7, 11) is 0. The highest BCUT2D eigenvalue weighted by atomic mass is 16.2. The highest BCUT2D eigenvalue weighted by Crippen LogP contribution is 2.24. The van der Waals surface area contributed by atoms with Gasteiger partial charge in [-0.15, -0.1) is 0 Å². The quantitative estimate of drug-likeness (QED) is 0.851. The maximum atomic E-state index is 12.2. The van der Waals surface area contributed by atoms with Gasteiger partial charge >= 0.3 is 6.03 Å². The molecule has 5 nitrogen and oxygen atoms in total. The molecule has 1 saturated heterocycles. The number of benzene rings is 2. The Hall–Kier alpha value is -2.82. The van der Waals surface area contributed by atoms with Gasteiger partial charge in [0, 0.05) is 37.7 Å². The first kappa shape index (κ1) is 17.0. The van der Waals surface area contributed by atoms with Crippen molar-refractivity contribution in [2.75, 3.05) is 24.5 Å². The van der Waals surface area contributed by atoms with Gasteiger partial charge in [0.25, 0.3) is 0 Å². The van der Waals surface area contributed by atoms with Crippen LogP contribution in [0.2, 0.25) is 0 Å². The molecule has 0 aromatic heterocycles. The van der Waals surface area contributed by atoms with Crippen LogP contribution in [0, 0.1) is 5.92 Å². The first-order valence-electron chi connectivity index (χ1n) is 8.63. The summed E-state index contributed by atoms with van der Waals surface area (Å²) >= 11 is 0. The van der Waals surface area contributed by atoms with Crippen LogP contribution in [0.3, 0.4) is 0 Å². The second kappa shape index (κ2) is 8.33. The highest BCUT2D eigenvalue weighted by Gasteiger charge is 2.30. The zero-order chi connectivity index (χ0) is 17.5. The molecular weight excluding hydrogens is 314 g/mol. The predicted molar refractivity (Wildman–Crippen MR) is 98.4 cm³/mol. The predicted octanol–water partition coefficient (Wildman–Crippen LogP) is 2.58. The molecule has 0 bridgehead atoms. The molecule has 2 aromatic rings. The van der Waals surface area contributed by atoms with Crippen molar-refractivity contribution in [3.8, 4) is 0 Å². The van der Waals surface area contributed by atoms with Crippen LogP contribution in [0.25, 0.3) is 0 Å². The Morgan fingerprint density at radius 3 is 2.40 bits per heavy atom. The van der Waals surface area contributed by atoms with E-state index in [0.29, 0.717) is 26.1 Å². The van der Waals surface area contributed by atoms with E-state index in [1.165, 1.54) is 5.56 Å². The first-order valence-corrected chi connectivity index (χ1v) is 8.63. The first-order chi connectivity index (χ1) is 12.2. The summed E-state index contributed by atoms with van der Waals surface area (Å²) in [5.41, 5.74) is 2.12. The van der Waals surface area contributed by atoms with E-state index in [1.807, 2.05) is 60.7 Å². The lowest BCUT2D eigenvalue weighted by molar-refractivity contribution is -0.117. The summed E-state index contributed by atoms with van der Waals surface area (Å²) in [4.78, 5) is 25.8. The van der Waals surface area contributed by atoms with Crippen molar-refractivity contribution in [3.63, 3.8) is 0 Å². The molecule has 130 valence electrons. The summed E-state index contributed by atoms with van der Waals surface area (Å²) in [6.07, 6.45) is 1.27. The van der Waals surface area contributed by atoms with Crippen LogP contribution >= 0.6 is 0 Å². The number of carbonyl (C=O) groups is 2. The summed E-state index contributed by atoms with van der Waals surface area (Å²) in [6.45, 7) is 1.75. The molecule has 1 aliphatic rings. The van der Waals surface area contributed by atoms with Gasteiger partial charge in [0.2, 0.25) is 5.91 Å². The molecule has 0 aliphatic carbocycles. The molecular formula is C20H23N3O2. The maximum absolute atomic E-state index is 12.2. The molecule has 1 fully saturated rings. The number of nitrogens with one attached hydrogen (secondary N) is 2. The maximum Gasteiger partial charge on any atom is 0.314 e. The second-order valence-electron chi connectivity index (χ2n) is 6.28. The number of nitrogens with zero attached hydrogens (tertiary/aromatic N) is 1. The van der Waals surface area contributed by atoms with Crippen LogP contribution < -0.4 is 15.5 Å². The third-order valence-corrected chi connectivity index (χ3v) is 4.37. The summed E-state index contributed by atoms with van der Waals surface area (Å²) < 4.78 is 0. The Balaban J connectivity index is 1.39. The van der Waals surface area contributed by atoms with Crippen LogP contribution in [-0.4, -0.2) is 31.6 Å². The Kier molecular flexibility index (Phi) is 5.67. The van der Waals surface area contributed by atoms with Gasteiger partial charge in [-0.3, -0.25) is 4.79 Å². The van der Waals surface area contributed by atoms with Crippen LogP contribution in [0.5, 0.6) is 0 Å². The fourth-order valence-corrected chi connectivity index (χ4v) is 3.04. The average Bonchev–Trinajstić information content (AvgIpc) is 3.02. The minimum Gasteiger partial charge on any atom is -0.338 e. The van der Waals surface area contributed by atoms with Gasteiger partial charge < -0.3 is 15.5 Å². The second-order valence-corrected chi connectivity index (χ2v) is 6.28. The van der Waals surface area contributed by atoms with Gasteiger partial charge in [-0.1, -0.05) is 48.5 Å². The molecule has 1 aliphatic heterocycles. The van der Waals surface area contributed by atoms with E-state index < -0.39 is 0 Å². The van der Waals surface area contributed by atoms with Crippen molar-refractivity contribution in [1.29, 1.82) is 0 Å². The Bertz CT molecular complexity index is 703. The van der Waals surface area contributed by atoms with Crippen LogP contribution in [-0.2, 0) is 11.2 Å². The lowest BCUT2D eigenvalue weighted by Crippen LogP contribution is -2.39. The van der Waals surface area contributed by atoms with E-state index in [1.54, 1.807) is 4.90 Å². The normalized spacial score (nSPS) is 16.7. The zero-order valence-corrected chi connectivity index (χ0v) is 14.2. The van der Waals surface area contributed by atoms with Crippen molar-refractivity contribution in [2.45, 2.75) is 12.8 Å². The molecule has 3 amide bonds. The molecule has 3 rings (SSSR count). The number of para-hydroxylation sites is 1. The summed E-state index contributed by atoms with van der Waals surface area (Å²) in [5.74, 6) is 0.259. The van der Waals surface area contributed by atoms with Gasteiger partial charge in [-0.05, 0) is 24.1 Å². The van der Waals surface area contributed by atoms with E-state index in [2.05, 4.69) is 10.6 Å². The molecule has 25 heavy (non-hydrogen) atoms. The Morgan fingerprint density at radius 1 is 1.00 bits per heavy atom. The number of rotatable bonds is 6. The van der Waals surface area contributed by atoms with Crippen molar-refractivity contribution >= 4 is 17.6 Å². The summed E-state index contributed by atoms with van der Waals surface area (Å²) in [6, 6.07) is 19.5. The molecule has 0 spiro atoms. The number of carbonyl (C=O) groups excluding carboxylic acids is 2. The van der Waals surface area contributed by atoms with Crippen molar-refractivity contribution in [2.24, 2.45) is 5.92 Å². The van der Waals surface area contributed by atoms with Crippen molar-refractivity contribution in [3.05, 3.63) is 66.2 Å². The zero-order valence-electron chi connectivity index (χ0n) is 14.2. The lowest BCUT2D eigenvalue weighted by atomic mass is 10.1. The fourth-order valence-electron chi connectivity index (χ4n) is 3.04. The van der Waals surface area contributed by atoms with Gasteiger partial charge in [-0.2, -0.15) is 0 Å². The minimum atomic E-state index is -0.179. The van der Waals surface area contributed by atoms with Gasteiger partial charge in [0.15, 0.2) is 0 Å². The number of urea groups is 1. The monoisotopic (exact) mass is 337 g/mol. The minimum absolute atomic E-state index is 0.113. The molecule has 0 saturated carbocycles. The number of amides is 3. The van der Waals surface area contributed by atoms with Crippen LogP contribution in [0.1, 0.15) is 12.0 Å². The third-order valence-electron chi connectivity index (χ3n) is 4.37. The Morgan fingerprint density at radius 2 is 1.68 bits per heavy atom. The molecule has 1 heterocycles. The number of anilines is 1. The fraction of sp³-hybridized carbons (Fsp3) is 0.300. The van der Waals surface area contributed by atoms with E-state index in [4.69, 9.17) is 0 Å². The lowest BCUT2D eigenvalue weighted by Gasteiger charge is -2.17. The van der Waals surface area contributed by atoms with Crippen molar-refractivity contribution < 1.29 is 9.59 Å². The molecule has 1 atom stereocenters. The van der Waals surface area contributed by atoms with Gasteiger partial charge in [0.1, 0.15) is 0 Å². The summed E-state index contributed by atoms with van der Waals surface area (Å²) in [5, 5.41) is 5.74.